The number of hydrogen-bond donors (Lipinski definition) is 1. The van der Waals surface area contributed by atoms with Gasteiger partial charge in [0, 0.05) is 12.1 Å². The van der Waals surface area contributed by atoms with Crippen molar-refractivity contribution in [1.82, 2.24) is 5.32 Å². The van der Waals surface area contributed by atoms with Gasteiger partial charge in [-0.15, -0.1) is 0 Å². The smallest absolute Gasteiger partial charge is 0.338 e. The summed E-state index contributed by atoms with van der Waals surface area (Å²) in [4.78, 5) is 32.9. The molecule has 1 aromatic rings. The Morgan fingerprint density at radius 3 is 2.65 bits per heavy atom. The third-order valence-electron chi connectivity index (χ3n) is 2.16. The number of nitro benzene ring substituents is 1. The van der Waals surface area contributed by atoms with Crippen molar-refractivity contribution in [2.24, 2.45) is 0 Å². The fourth-order valence-corrected chi connectivity index (χ4v) is 1.54. The standard InChI is InChI=1S/C12H13ClN2O5/c1-7(2)14-11(16)6-20-12(17)8-3-4-9(13)10(5-8)15(18)19/h3-5,7H,6H2,1-2H3,(H,14,16). The molecular formula is C12H13ClN2O5. The zero-order chi connectivity index (χ0) is 15.3. The lowest BCUT2D eigenvalue weighted by atomic mass is 10.2. The van der Waals surface area contributed by atoms with Gasteiger partial charge in [-0.3, -0.25) is 14.9 Å². The molecule has 0 bridgehead atoms. The number of ether oxygens (including phenoxy) is 1. The molecule has 0 aliphatic rings. The second-order valence-electron chi connectivity index (χ2n) is 4.22. The van der Waals surface area contributed by atoms with Crippen LogP contribution in [0.25, 0.3) is 0 Å². The normalized spacial score (nSPS) is 10.2. The molecule has 1 amide bonds. The highest BCUT2D eigenvalue weighted by Gasteiger charge is 2.17. The third-order valence-corrected chi connectivity index (χ3v) is 2.48. The van der Waals surface area contributed by atoms with Gasteiger partial charge >= 0.3 is 5.97 Å². The van der Waals surface area contributed by atoms with Crippen molar-refractivity contribution in [2.45, 2.75) is 19.9 Å². The quantitative estimate of drug-likeness (QED) is 0.509. The highest BCUT2D eigenvalue weighted by molar-refractivity contribution is 6.32. The first-order valence-corrected chi connectivity index (χ1v) is 6.09. The Hall–Kier alpha value is -2.15. The van der Waals surface area contributed by atoms with Gasteiger partial charge in [-0.2, -0.15) is 0 Å². The number of esters is 1. The largest absolute Gasteiger partial charge is 0.452 e. The van der Waals surface area contributed by atoms with Crippen LogP contribution in [0, 0.1) is 10.1 Å². The lowest BCUT2D eigenvalue weighted by Gasteiger charge is -2.08. The predicted molar refractivity (Wildman–Crippen MR) is 71.7 cm³/mol. The van der Waals surface area contributed by atoms with Gasteiger partial charge in [-0.25, -0.2) is 4.79 Å². The topological polar surface area (TPSA) is 98.5 Å². The van der Waals surface area contributed by atoms with E-state index < -0.39 is 29.1 Å². The summed E-state index contributed by atoms with van der Waals surface area (Å²) in [5.41, 5.74) is -0.439. The number of halogens is 1. The number of nitro groups is 1. The summed E-state index contributed by atoms with van der Waals surface area (Å²) in [6, 6.07) is 3.45. The zero-order valence-electron chi connectivity index (χ0n) is 10.9. The first-order chi connectivity index (χ1) is 9.31. The summed E-state index contributed by atoms with van der Waals surface area (Å²) in [7, 11) is 0. The van der Waals surface area contributed by atoms with Crippen molar-refractivity contribution in [3.8, 4) is 0 Å². The van der Waals surface area contributed by atoms with Gasteiger partial charge in [0.15, 0.2) is 6.61 Å². The summed E-state index contributed by atoms with van der Waals surface area (Å²) in [5.74, 6) is -1.28. The number of hydrogen-bond acceptors (Lipinski definition) is 5. The number of carbonyl (C=O) groups excluding carboxylic acids is 2. The molecule has 0 aliphatic heterocycles. The molecule has 0 aliphatic carbocycles. The average molecular weight is 301 g/mol. The van der Waals surface area contributed by atoms with E-state index in [-0.39, 0.29) is 16.6 Å². The summed E-state index contributed by atoms with van der Waals surface area (Å²) in [5, 5.41) is 13.2. The molecule has 0 atom stereocenters. The lowest BCUT2D eigenvalue weighted by Crippen LogP contribution is -2.33. The van der Waals surface area contributed by atoms with Crippen LogP contribution in [0.1, 0.15) is 24.2 Å². The molecule has 0 spiro atoms. The minimum Gasteiger partial charge on any atom is -0.452 e. The van der Waals surface area contributed by atoms with Gasteiger partial charge in [-0.1, -0.05) is 11.6 Å². The summed E-state index contributed by atoms with van der Waals surface area (Å²) in [6.07, 6.45) is 0. The van der Waals surface area contributed by atoms with Crippen LogP contribution in [-0.2, 0) is 9.53 Å². The van der Waals surface area contributed by atoms with Crippen LogP contribution in [0.2, 0.25) is 5.02 Å². The van der Waals surface area contributed by atoms with Crippen LogP contribution in [-0.4, -0.2) is 29.4 Å². The van der Waals surface area contributed by atoms with Crippen molar-refractivity contribution in [3.05, 3.63) is 38.9 Å². The van der Waals surface area contributed by atoms with E-state index in [1.54, 1.807) is 13.8 Å². The molecule has 0 radical (unpaired) electrons. The molecule has 0 saturated heterocycles. The van der Waals surface area contributed by atoms with Gasteiger partial charge in [0.1, 0.15) is 5.02 Å². The van der Waals surface area contributed by atoms with Crippen molar-refractivity contribution < 1.29 is 19.2 Å². The molecule has 1 rings (SSSR count). The Kier molecular flexibility index (Phi) is 5.45. The average Bonchev–Trinajstić information content (AvgIpc) is 2.35. The van der Waals surface area contributed by atoms with Crippen LogP contribution >= 0.6 is 11.6 Å². The molecule has 108 valence electrons. The Labute approximate surface area is 120 Å². The van der Waals surface area contributed by atoms with Gasteiger partial charge in [0.25, 0.3) is 11.6 Å². The predicted octanol–water partition coefficient (Wildman–Crippen LogP) is 1.93. The van der Waals surface area contributed by atoms with Crippen LogP contribution in [0.3, 0.4) is 0 Å². The molecule has 0 fully saturated rings. The Balaban J connectivity index is 2.71. The van der Waals surface area contributed by atoms with E-state index in [1.165, 1.54) is 12.1 Å². The van der Waals surface area contributed by atoms with Gasteiger partial charge in [-0.05, 0) is 26.0 Å². The van der Waals surface area contributed by atoms with E-state index in [2.05, 4.69) is 5.32 Å². The Bertz CT molecular complexity index is 545. The monoisotopic (exact) mass is 300 g/mol. The van der Waals surface area contributed by atoms with Crippen LogP contribution in [0.5, 0.6) is 0 Å². The molecule has 8 heteroatoms. The first kappa shape index (κ1) is 15.9. The molecule has 0 saturated carbocycles. The molecule has 0 unspecified atom stereocenters. The number of nitrogens with one attached hydrogen (secondary N) is 1. The van der Waals surface area contributed by atoms with E-state index in [0.29, 0.717) is 0 Å². The molecule has 1 N–H and O–H groups in total. The number of amides is 1. The molecule has 0 heterocycles. The van der Waals surface area contributed by atoms with Gasteiger partial charge in [0.2, 0.25) is 0 Å². The fraction of sp³-hybridized carbons (Fsp3) is 0.333. The van der Waals surface area contributed by atoms with E-state index in [4.69, 9.17) is 16.3 Å². The maximum Gasteiger partial charge on any atom is 0.338 e. The molecular weight excluding hydrogens is 288 g/mol. The summed E-state index contributed by atoms with van der Waals surface area (Å²) < 4.78 is 4.75. The highest BCUT2D eigenvalue weighted by atomic mass is 35.5. The molecule has 0 aromatic heterocycles. The number of rotatable bonds is 5. The van der Waals surface area contributed by atoms with Gasteiger partial charge in [0.05, 0.1) is 10.5 Å². The third kappa shape index (κ3) is 4.51. The minimum atomic E-state index is -0.830. The SMILES string of the molecule is CC(C)NC(=O)COC(=O)c1ccc(Cl)c([N+](=O)[O-])c1. The fourth-order valence-electron chi connectivity index (χ4n) is 1.36. The van der Waals surface area contributed by atoms with Crippen molar-refractivity contribution in [2.75, 3.05) is 6.61 Å². The van der Waals surface area contributed by atoms with Crippen molar-refractivity contribution >= 4 is 29.2 Å². The van der Waals surface area contributed by atoms with Crippen molar-refractivity contribution in [3.63, 3.8) is 0 Å². The second kappa shape index (κ2) is 6.85. The minimum absolute atomic E-state index is 0.0431. The lowest BCUT2D eigenvalue weighted by molar-refractivity contribution is -0.384. The summed E-state index contributed by atoms with van der Waals surface area (Å²) in [6.45, 7) is 3.08. The van der Waals surface area contributed by atoms with Gasteiger partial charge < -0.3 is 10.1 Å². The number of carbonyl (C=O) groups is 2. The van der Waals surface area contributed by atoms with Crippen molar-refractivity contribution in [1.29, 1.82) is 0 Å². The number of nitrogens with zero attached hydrogens (tertiary/aromatic N) is 1. The van der Waals surface area contributed by atoms with E-state index in [1.807, 2.05) is 0 Å². The summed E-state index contributed by atoms with van der Waals surface area (Å²) >= 11 is 5.62. The Morgan fingerprint density at radius 1 is 1.45 bits per heavy atom. The Morgan fingerprint density at radius 2 is 2.10 bits per heavy atom. The maximum absolute atomic E-state index is 11.7. The molecule has 7 nitrogen and oxygen atoms in total. The molecule has 1 aromatic carbocycles. The second-order valence-corrected chi connectivity index (χ2v) is 4.63. The highest BCUT2D eigenvalue weighted by Crippen LogP contribution is 2.25. The first-order valence-electron chi connectivity index (χ1n) is 5.71. The maximum atomic E-state index is 11.7. The number of benzene rings is 1. The van der Waals surface area contributed by atoms with E-state index >= 15 is 0 Å². The van der Waals surface area contributed by atoms with Crippen LogP contribution in [0.15, 0.2) is 18.2 Å². The molecule has 20 heavy (non-hydrogen) atoms. The van der Waals surface area contributed by atoms with E-state index in [9.17, 15) is 19.7 Å². The van der Waals surface area contributed by atoms with Crippen LogP contribution < -0.4 is 5.32 Å². The zero-order valence-corrected chi connectivity index (χ0v) is 11.6. The van der Waals surface area contributed by atoms with Crippen LogP contribution in [0.4, 0.5) is 5.69 Å². The van der Waals surface area contributed by atoms with E-state index in [0.717, 1.165) is 6.07 Å².